The molecule has 7 heteroatoms. The molecule has 1 aromatic heterocycles. The van der Waals surface area contributed by atoms with Crippen LogP contribution in [0.15, 0.2) is 15.7 Å². The first-order valence-corrected chi connectivity index (χ1v) is 3.86. The summed E-state index contributed by atoms with van der Waals surface area (Å²) in [6.45, 7) is 0. The molecule has 1 heterocycles. The quantitative estimate of drug-likeness (QED) is 0.427. The summed E-state index contributed by atoms with van der Waals surface area (Å²) in [6.07, 6.45) is 1.23. The van der Waals surface area contributed by atoms with Gasteiger partial charge in [-0.2, -0.15) is 5.10 Å². The fourth-order valence-corrected chi connectivity index (χ4v) is 1.31. The van der Waals surface area contributed by atoms with Gasteiger partial charge in [-0.1, -0.05) is 0 Å². The number of nitrogens with zero attached hydrogens (tertiary/aromatic N) is 1. The molecule has 4 nitrogen and oxygen atoms in total. The van der Waals surface area contributed by atoms with Crippen LogP contribution in [-0.2, 0) is 11.1 Å². The normalized spacial score (nSPS) is 12.2. The van der Waals surface area contributed by atoms with Crippen LogP contribution in [0, 0.1) is 0 Å². The third-order valence-electron chi connectivity index (χ3n) is 0.740. The number of rotatable bonds is 1. The van der Waals surface area contributed by atoms with Gasteiger partial charge in [-0.15, -0.1) is 0 Å². The van der Waals surface area contributed by atoms with Crippen molar-refractivity contribution < 1.29 is 38.3 Å². The first-order valence-electron chi connectivity index (χ1n) is 2.00. The molecule has 1 rings (SSSR count). The van der Waals surface area contributed by atoms with Gasteiger partial charge in [-0.25, -0.2) is 0 Å². The number of H-pyrrole nitrogens is 1. The second-order valence-corrected chi connectivity index (χ2v) is 2.99. The molecule has 0 aliphatic carbocycles. The standard InChI is InChI=1S/C3H3BrN2O2S.Na/c4-3-2(9(7)8)1-5-6-3;/h1H,(H,5,6)(H,7,8);/q;+1/p-1. The summed E-state index contributed by atoms with van der Waals surface area (Å²) < 4.78 is 20.8. The van der Waals surface area contributed by atoms with Crippen LogP contribution >= 0.6 is 15.9 Å². The molecule has 10 heavy (non-hydrogen) atoms. The van der Waals surface area contributed by atoms with Crippen molar-refractivity contribution in [2.75, 3.05) is 0 Å². The van der Waals surface area contributed by atoms with Crippen molar-refractivity contribution in [3.05, 3.63) is 10.8 Å². The second-order valence-electron chi connectivity index (χ2n) is 1.28. The molecule has 1 unspecified atom stereocenters. The van der Waals surface area contributed by atoms with Crippen LogP contribution in [0.5, 0.6) is 0 Å². The van der Waals surface area contributed by atoms with Crippen LogP contribution in [0.1, 0.15) is 0 Å². The van der Waals surface area contributed by atoms with Crippen molar-refractivity contribution in [1.29, 1.82) is 0 Å². The Kier molecular flexibility index (Phi) is 5.00. The molecule has 0 bridgehead atoms. The van der Waals surface area contributed by atoms with E-state index in [0.717, 1.165) is 0 Å². The van der Waals surface area contributed by atoms with E-state index in [9.17, 15) is 8.76 Å². The fourth-order valence-electron chi connectivity index (χ4n) is 0.376. The minimum atomic E-state index is -2.20. The summed E-state index contributed by atoms with van der Waals surface area (Å²) in [4.78, 5) is 0.148. The molecule has 1 atom stereocenters. The molecule has 0 amide bonds. The van der Waals surface area contributed by atoms with Crippen molar-refractivity contribution >= 4 is 27.0 Å². The van der Waals surface area contributed by atoms with Gasteiger partial charge in [-0.3, -0.25) is 9.31 Å². The van der Waals surface area contributed by atoms with Gasteiger partial charge in [0.25, 0.3) is 0 Å². The summed E-state index contributed by atoms with van der Waals surface area (Å²) in [7, 11) is 0. The third-order valence-corrected chi connectivity index (χ3v) is 2.28. The number of hydrogen-bond donors (Lipinski definition) is 1. The van der Waals surface area contributed by atoms with E-state index >= 15 is 0 Å². The summed E-state index contributed by atoms with van der Waals surface area (Å²) in [5.74, 6) is 0. The van der Waals surface area contributed by atoms with Crippen molar-refractivity contribution in [1.82, 2.24) is 10.2 Å². The van der Waals surface area contributed by atoms with Gasteiger partial charge < -0.3 is 4.55 Å². The van der Waals surface area contributed by atoms with Crippen LogP contribution in [0.3, 0.4) is 0 Å². The first kappa shape index (κ1) is 10.8. The molecule has 0 aromatic carbocycles. The molecule has 50 valence electrons. The minimum Gasteiger partial charge on any atom is -0.768 e. The number of halogens is 1. The van der Waals surface area contributed by atoms with E-state index in [0.29, 0.717) is 4.60 Å². The van der Waals surface area contributed by atoms with Crippen LogP contribution < -0.4 is 29.6 Å². The Hall–Kier alpha value is 0.800. The molecule has 0 aliphatic rings. The van der Waals surface area contributed by atoms with Gasteiger partial charge in [0.2, 0.25) is 0 Å². The van der Waals surface area contributed by atoms with Crippen LogP contribution in [0.25, 0.3) is 0 Å². The maximum absolute atomic E-state index is 10.2. The predicted octanol–water partition coefficient (Wildman–Crippen LogP) is -2.59. The van der Waals surface area contributed by atoms with Gasteiger partial charge in [0.1, 0.15) is 4.60 Å². The maximum Gasteiger partial charge on any atom is 1.00 e. The van der Waals surface area contributed by atoms with Gasteiger partial charge in [0.15, 0.2) is 0 Å². The van der Waals surface area contributed by atoms with Crippen LogP contribution in [0.4, 0.5) is 0 Å². The van der Waals surface area contributed by atoms with E-state index in [4.69, 9.17) is 0 Å². The van der Waals surface area contributed by atoms with Crippen molar-refractivity contribution in [3.8, 4) is 0 Å². The van der Waals surface area contributed by atoms with Crippen molar-refractivity contribution in [3.63, 3.8) is 0 Å². The van der Waals surface area contributed by atoms with Gasteiger partial charge >= 0.3 is 29.6 Å². The number of hydrogen-bond acceptors (Lipinski definition) is 3. The topological polar surface area (TPSA) is 68.8 Å². The monoisotopic (exact) mass is 232 g/mol. The Morgan fingerprint density at radius 2 is 2.40 bits per heavy atom. The molecule has 0 saturated heterocycles. The van der Waals surface area contributed by atoms with Crippen LogP contribution in [-0.4, -0.2) is 19.0 Å². The SMILES string of the molecule is O=S([O-])c1cn[nH]c1Br.[Na+]. The summed E-state index contributed by atoms with van der Waals surface area (Å²) >= 11 is 0.756. The van der Waals surface area contributed by atoms with E-state index in [1.54, 1.807) is 0 Å². The number of aromatic nitrogens is 2. The van der Waals surface area contributed by atoms with Crippen molar-refractivity contribution in [2.24, 2.45) is 0 Å². The Balaban J connectivity index is 0.000000810. The van der Waals surface area contributed by atoms with Crippen LogP contribution in [0.2, 0.25) is 0 Å². The molecule has 1 N–H and O–H groups in total. The Morgan fingerprint density at radius 1 is 1.80 bits per heavy atom. The van der Waals surface area contributed by atoms with Gasteiger partial charge in [0, 0.05) is 0 Å². The fraction of sp³-hybridized carbons (Fsp3) is 0. The van der Waals surface area contributed by atoms with Gasteiger partial charge in [-0.05, 0) is 27.0 Å². The minimum absolute atomic E-state index is 0. The molecule has 0 aliphatic heterocycles. The first-order chi connectivity index (χ1) is 4.22. The molecule has 0 spiro atoms. The third kappa shape index (κ3) is 2.44. The zero-order valence-electron chi connectivity index (χ0n) is 5.13. The molecule has 0 radical (unpaired) electrons. The van der Waals surface area contributed by atoms with Crippen molar-refractivity contribution in [2.45, 2.75) is 4.90 Å². The van der Waals surface area contributed by atoms with E-state index in [-0.39, 0.29) is 34.5 Å². The van der Waals surface area contributed by atoms with E-state index in [2.05, 4.69) is 26.1 Å². The Labute approximate surface area is 90.5 Å². The largest absolute Gasteiger partial charge is 1.00 e. The van der Waals surface area contributed by atoms with E-state index in [1.165, 1.54) is 6.20 Å². The van der Waals surface area contributed by atoms with E-state index in [1.807, 2.05) is 0 Å². The summed E-state index contributed by atoms with van der Waals surface area (Å²) in [6, 6.07) is 0. The van der Waals surface area contributed by atoms with E-state index < -0.39 is 11.1 Å². The zero-order chi connectivity index (χ0) is 6.85. The average molecular weight is 233 g/mol. The Bertz CT molecular complexity index is 240. The maximum atomic E-state index is 10.2. The number of nitrogens with one attached hydrogen (secondary N) is 1. The smallest absolute Gasteiger partial charge is 0.768 e. The molecular weight excluding hydrogens is 231 g/mol. The second kappa shape index (κ2) is 4.63. The molecule has 0 fully saturated rings. The Morgan fingerprint density at radius 3 is 2.60 bits per heavy atom. The van der Waals surface area contributed by atoms with Gasteiger partial charge in [0.05, 0.1) is 11.1 Å². The predicted molar refractivity (Wildman–Crippen MR) is 33.5 cm³/mol. The summed E-state index contributed by atoms with van der Waals surface area (Å²) in [5, 5.41) is 5.90. The molecule has 1 aromatic rings. The summed E-state index contributed by atoms with van der Waals surface area (Å²) in [5.41, 5.74) is 0. The average Bonchev–Trinajstić information content (AvgIpc) is 2.13. The zero-order valence-corrected chi connectivity index (χ0v) is 9.53. The number of aromatic amines is 1. The molecule has 0 saturated carbocycles. The molecular formula is C3H2BrN2NaO2S.